The number of nitrogens with zero attached hydrogens (tertiary/aromatic N) is 6. The predicted molar refractivity (Wildman–Crippen MR) is 86.9 cm³/mol. The lowest BCUT2D eigenvalue weighted by Gasteiger charge is -2.09. The van der Waals surface area contributed by atoms with Crippen LogP contribution in [0.2, 0.25) is 0 Å². The van der Waals surface area contributed by atoms with Crippen molar-refractivity contribution < 1.29 is 4.79 Å². The van der Waals surface area contributed by atoms with E-state index in [1.807, 2.05) is 29.9 Å². The lowest BCUT2D eigenvalue weighted by molar-refractivity contribution is 0.246. The molecule has 0 saturated carbocycles. The van der Waals surface area contributed by atoms with Crippen molar-refractivity contribution in [2.24, 2.45) is 11.0 Å². The van der Waals surface area contributed by atoms with Gasteiger partial charge in [-0.15, -0.1) is 0 Å². The van der Waals surface area contributed by atoms with Gasteiger partial charge in [-0.1, -0.05) is 6.07 Å². The Morgan fingerprint density at radius 1 is 1.58 bits per heavy atom. The van der Waals surface area contributed by atoms with Crippen molar-refractivity contribution >= 4 is 6.03 Å². The summed E-state index contributed by atoms with van der Waals surface area (Å²) in [7, 11) is 0. The van der Waals surface area contributed by atoms with E-state index in [2.05, 4.69) is 26.5 Å². The standard InChI is InChI=1S/C16H15N7O/c1-10-4-11(6-17)2-3-13(10)14-8-20-23-9-12(5-15(14)23)7-19-16(24)21-22-18/h2-4,8,12H,5,7,9H2,1H3,(H,19,24). The first-order chi connectivity index (χ1) is 11.6. The third-order valence-electron chi connectivity index (χ3n) is 4.19. The average Bonchev–Trinajstić information content (AvgIpc) is 3.13. The van der Waals surface area contributed by atoms with Crippen molar-refractivity contribution in [1.29, 1.82) is 5.26 Å². The Morgan fingerprint density at radius 3 is 3.12 bits per heavy atom. The quantitative estimate of drug-likeness (QED) is 0.531. The molecule has 8 heteroatoms. The van der Waals surface area contributed by atoms with Gasteiger partial charge in [-0.25, -0.2) is 0 Å². The number of nitriles is 1. The van der Waals surface area contributed by atoms with E-state index in [4.69, 9.17) is 10.8 Å². The number of aryl methyl sites for hydroxylation is 1. The molecule has 1 aliphatic rings. The normalized spacial score (nSPS) is 15.2. The van der Waals surface area contributed by atoms with Crippen molar-refractivity contribution in [3.8, 4) is 17.2 Å². The largest absolute Gasteiger partial charge is 0.350 e. The summed E-state index contributed by atoms with van der Waals surface area (Å²) in [6, 6.07) is 7.10. The number of aromatic nitrogens is 2. The molecule has 24 heavy (non-hydrogen) atoms. The summed E-state index contributed by atoms with van der Waals surface area (Å²) in [5.74, 6) is 0.212. The van der Waals surface area contributed by atoms with E-state index in [0.717, 1.165) is 28.8 Å². The molecule has 0 spiro atoms. The molecule has 120 valence electrons. The molecule has 0 aliphatic carbocycles. The van der Waals surface area contributed by atoms with Gasteiger partial charge in [-0.2, -0.15) is 10.4 Å². The molecule has 0 radical (unpaired) electrons. The molecule has 1 N–H and O–H groups in total. The maximum Gasteiger partial charge on any atom is 0.308 e. The minimum atomic E-state index is -0.662. The maximum atomic E-state index is 11.2. The highest BCUT2D eigenvalue weighted by Gasteiger charge is 2.26. The molecule has 8 nitrogen and oxygen atoms in total. The molecular weight excluding hydrogens is 306 g/mol. The molecule has 0 saturated heterocycles. The molecule has 2 amide bonds. The average molecular weight is 321 g/mol. The number of urea groups is 1. The minimum absolute atomic E-state index is 0.212. The van der Waals surface area contributed by atoms with Gasteiger partial charge >= 0.3 is 6.03 Å². The first-order valence-corrected chi connectivity index (χ1v) is 7.51. The van der Waals surface area contributed by atoms with Crippen LogP contribution in [0.5, 0.6) is 0 Å². The van der Waals surface area contributed by atoms with Crippen molar-refractivity contribution in [3.63, 3.8) is 0 Å². The van der Waals surface area contributed by atoms with Crippen molar-refractivity contribution in [1.82, 2.24) is 15.1 Å². The zero-order valence-corrected chi connectivity index (χ0v) is 13.1. The van der Waals surface area contributed by atoms with Gasteiger partial charge in [0.05, 0.1) is 17.8 Å². The number of hydrogen-bond acceptors (Lipinski definition) is 3. The van der Waals surface area contributed by atoms with Crippen LogP contribution in [0.25, 0.3) is 21.6 Å². The molecule has 2 heterocycles. The second-order valence-electron chi connectivity index (χ2n) is 5.77. The SMILES string of the molecule is Cc1cc(C#N)ccc1-c1cnn2c1CC(CNC(=O)N=[N+]=[N-])C2. The Morgan fingerprint density at radius 2 is 2.42 bits per heavy atom. The lowest BCUT2D eigenvalue weighted by atomic mass is 9.96. The summed E-state index contributed by atoms with van der Waals surface area (Å²) in [6.07, 6.45) is 2.63. The lowest BCUT2D eigenvalue weighted by Crippen LogP contribution is -2.27. The summed E-state index contributed by atoms with van der Waals surface area (Å²) in [5, 5.41) is 19.0. The highest BCUT2D eigenvalue weighted by atomic mass is 16.2. The molecule has 0 bridgehead atoms. The third-order valence-corrected chi connectivity index (χ3v) is 4.19. The minimum Gasteiger partial charge on any atom is -0.350 e. The number of rotatable bonds is 3. The van der Waals surface area contributed by atoms with Crippen molar-refractivity contribution in [3.05, 3.63) is 51.7 Å². The first-order valence-electron chi connectivity index (χ1n) is 7.51. The second kappa shape index (κ2) is 6.44. The van der Waals surface area contributed by atoms with Crippen LogP contribution in [0.3, 0.4) is 0 Å². The van der Waals surface area contributed by atoms with Gasteiger partial charge in [0.15, 0.2) is 0 Å². The van der Waals surface area contributed by atoms with Gasteiger partial charge in [0.2, 0.25) is 0 Å². The van der Waals surface area contributed by atoms with Gasteiger partial charge in [0, 0.05) is 40.3 Å². The van der Waals surface area contributed by atoms with Crippen LogP contribution in [-0.4, -0.2) is 22.4 Å². The smallest absolute Gasteiger partial charge is 0.308 e. The molecule has 1 unspecified atom stereocenters. The van der Waals surface area contributed by atoms with E-state index >= 15 is 0 Å². The molecule has 2 aromatic rings. The zero-order valence-electron chi connectivity index (χ0n) is 13.1. The van der Waals surface area contributed by atoms with Gasteiger partial charge in [-0.05, 0) is 42.1 Å². The van der Waals surface area contributed by atoms with Gasteiger partial charge in [0.25, 0.3) is 0 Å². The molecule has 1 atom stereocenters. The van der Waals surface area contributed by atoms with Gasteiger partial charge < -0.3 is 5.32 Å². The second-order valence-corrected chi connectivity index (χ2v) is 5.77. The highest BCUT2D eigenvalue weighted by Crippen LogP contribution is 2.32. The van der Waals surface area contributed by atoms with Crippen LogP contribution in [0.1, 0.15) is 16.8 Å². The fraction of sp³-hybridized carbons (Fsp3) is 0.312. The number of benzene rings is 1. The Kier molecular flexibility index (Phi) is 4.18. The highest BCUT2D eigenvalue weighted by molar-refractivity contribution is 5.74. The molecule has 0 fully saturated rings. The summed E-state index contributed by atoms with van der Waals surface area (Å²) in [4.78, 5) is 13.7. The number of azide groups is 1. The molecule has 1 aromatic heterocycles. The number of fused-ring (bicyclic) bond motifs is 1. The van der Waals surface area contributed by atoms with E-state index in [1.54, 1.807) is 6.07 Å². The number of amides is 2. The summed E-state index contributed by atoms with van der Waals surface area (Å²) < 4.78 is 1.94. The van der Waals surface area contributed by atoms with Crippen LogP contribution in [-0.2, 0) is 13.0 Å². The fourth-order valence-electron chi connectivity index (χ4n) is 3.07. The van der Waals surface area contributed by atoms with E-state index < -0.39 is 6.03 Å². The number of hydrogen-bond donors (Lipinski definition) is 1. The fourth-order valence-corrected chi connectivity index (χ4v) is 3.07. The van der Waals surface area contributed by atoms with Crippen LogP contribution in [0, 0.1) is 24.2 Å². The zero-order chi connectivity index (χ0) is 17.1. The summed E-state index contributed by atoms with van der Waals surface area (Å²) in [6.45, 7) is 3.13. The first kappa shape index (κ1) is 15.6. The number of carbonyl (C=O) groups excluding carboxylic acids is 1. The van der Waals surface area contributed by atoms with Crippen LogP contribution in [0.4, 0.5) is 4.79 Å². The Labute approximate surface area is 138 Å². The van der Waals surface area contributed by atoms with Crippen molar-refractivity contribution in [2.45, 2.75) is 19.9 Å². The summed E-state index contributed by atoms with van der Waals surface area (Å²) in [5.41, 5.74) is 13.1. The third kappa shape index (κ3) is 2.93. The van der Waals surface area contributed by atoms with Gasteiger partial charge in [-0.3, -0.25) is 9.48 Å². The Hall–Kier alpha value is -3.30. The maximum absolute atomic E-state index is 11.2. The van der Waals surface area contributed by atoms with E-state index in [0.29, 0.717) is 18.7 Å². The molecular formula is C16H15N7O. The molecule has 1 aromatic carbocycles. The predicted octanol–water partition coefficient (Wildman–Crippen LogP) is 2.92. The van der Waals surface area contributed by atoms with E-state index in [-0.39, 0.29) is 5.92 Å². The van der Waals surface area contributed by atoms with E-state index in [1.165, 1.54) is 0 Å². The van der Waals surface area contributed by atoms with Crippen molar-refractivity contribution in [2.75, 3.05) is 6.54 Å². The monoisotopic (exact) mass is 321 g/mol. The Balaban J connectivity index is 1.77. The number of nitrogens with one attached hydrogen (secondary N) is 1. The van der Waals surface area contributed by atoms with Crippen LogP contribution in [0.15, 0.2) is 29.5 Å². The van der Waals surface area contributed by atoms with E-state index in [9.17, 15) is 4.79 Å². The number of carbonyl (C=O) groups is 1. The molecule has 1 aliphatic heterocycles. The summed E-state index contributed by atoms with van der Waals surface area (Å²) >= 11 is 0. The van der Waals surface area contributed by atoms with Gasteiger partial charge in [0.1, 0.15) is 0 Å². The van der Waals surface area contributed by atoms with Crippen LogP contribution < -0.4 is 5.32 Å². The van der Waals surface area contributed by atoms with Crippen LogP contribution >= 0.6 is 0 Å². The molecule has 3 rings (SSSR count). The topological polar surface area (TPSA) is 119 Å². The Bertz CT molecular complexity index is 886.